The quantitative estimate of drug-likeness (QED) is 0.158. The van der Waals surface area contributed by atoms with Gasteiger partial charge in [0.25, 0.3) is 0 Å². The second-order valence-corrected chi connectivity index (χ2v) is 13.6. The smallest absolute Gasteiger partial charge is 0.249 e. The molecule has 4 aromatic carbocycles. The van der Waals surface area contributed by atoms with Gasteiger partial charge in [0, 0.05) is 29.1 Å². The zero-order valence-corrected chi connectivity index (χ0v) is 28.6. The zero-order valence-electron chi connectivity index (χ0n) is 29.5. The molecular weight excluding hydrogens is 667 g/mol. The molecule has 3 aromatic heterocycles. The number of pyridine rings is 1. The minimum absolute atomic E-state index is 0. The third-order valence-corrected chi connectivity index (χ3v) is 8.39. The van der Waals surface area contributed by atoms with Gasteiger partial charge < -0.3 is 28.7 Å². The van der Waals surface area contributed by atoms with Crippen molar-refractivity contribution in [1.29, 1.82) is 0 Å². The summed E-state index contributed by atoms with van der Waals surface area (Å²) in [4.78, 5) is 4.81. The van der Waals surface area contributed by atoms with E-state index in [1.165, 1.54) is 10.1 Å². The molecule has 0 saturated heterocycles. The van der Waals surface area contributed by atoms with Gasteiger partial charge in [0.1, 0.15) is 23.0 Å². The van der Waals surface area contributed by atoms with Crippen LogP contribution in [0.3, 0.4) is 0 Å². The van der Waals surface area contributed by atoms with Crippen molar-refractivity contribution in [3.63, 3.8) is 0 Å². The molecule has 0 radical (unpaired) electrons. The fraction of sp³-hybridized carbons (Fsp3) is 0.231. The molecule has 0 bridgehead atoms. The van der Waals surface area contributed by atoms with Crippen LogP contribution < -0.4 is 33.3 Å². The largest absolute Gasteiger partial charge is 1.00 e. The summed E-state index contributed by atoms with van der Waals surface area (Å²) in [5, 5.41) is 2.27. The van der Waals surface area contributed by atoms with Crippen molar-refractivity contribution in [3.8, 4) is 23.0 Å². The van der Waals surface area contributed by atoms with Crippen molar-refractivity contribution in [2.45, 2.75) is 52.4 Å². The number of para-hydroxylation sites is 3. The van der Waals surface area contributed by atoms with Crippen LogP contribution in [0, 0.1) is 0 Å². The Balaban J connectivity index is 0.00000401. The van der Waals surface area contributed by atoms with Crippen molar-refractivity contribution in [2.75, 3.05) is 0 Å². The summed E-state index contributed by atoms with van der Waals surface area (Å²) in [6.45, 7) is 10.8. The Morgan fingerprint density at radius 2 is 1.40 bits per heavy atom. The lowest BCUT2D eigenvalue weighted by molar-refractivity contribution is -0.645. The fourth-order valence-corrected chi connectivity index (χ4v) is 5.94. The summed E-state index contributed by atoms with van der Waals surface area (Å²) in [5.41, 5.74) is 6.43. The summed E-state index contributed by atoms with van der Waals surface area (Å²) in [6, 6.07) is 32.6. The second kappa shape index (κ2) is 11.3. The Hall–Kier alpha value is -4.17. The van der Waals surface area contributed by atoms with Gasteiger partial charge in [-0.25, -0.2) is 9.55 Å². The number of hydrogen-bond acceptors (Lipinski definition) is 2. The molecule has 0 aliphatic rings. The summed E-state index contributed by atoms with van der Waals surface area (Å²) in [6.07, 6.45) is 3.55. The highest BCUT2D eigenvalue weighted by molar-refractivity contribution is 6.09. The Bertz CT molecular complexity index is 2310. The first-order chi connectivity index (χ1) is 22.2. The van der Waals surface area contributed by atoms with Crippen molar-refractivity contribution >= 4 is 32.8 Å². The van der Waals surface area contributed by atoms with Gasteiger partial charge in [-0.05, 0) is 76.6 Å². The zero-order chi connectivity index (χ0) is 33.3. The molecule has 0 unspecified atom stereocenters. The Kier molecular flexibility index (Phi) is 6.83. The third kappa shape index (κ3) is 5.61. The normalized spacial score (nSPS) is 13.4. The van der Waals surface area contributed by atoms with E-state index in [0.717, 1.165) is 44.4 Å². The number of hydrogen-bond donors (Lipinski definition) is 0. The standard InChI is InChI=1S/C39H39N4O.HI/c1-38(2,3)26-18-19-40-37(22-26)43-33-13-9-8-12-31(33)32-17-16-29(24-36(32)43)44-30-21-27(39(4,5)6)20-28(23-30)42-25-41(7)34-14-10-11-15-35(34)42;/h8-25H,1-7H3;1H/q+1;/p-1/i7D3;. The molecule has 0 N–H and O–H groups in total. The number of aryl methyl sites for hydroxylation is 1. The van der Waals surface area contributed by atoms with E-state index in [1.54, 1.807) is 6.33 Å². The molecule has 0 aliphatic heterocycles. The van der Waals surface area contributed by atoms with Crippen LogP contribution in [0.15, 0.2) is 110 Å². The van der Waals surface area contributed by atoms with Gasteiger partial charge in [0.2, 0.25) is 6.33 Å². The van der Waals surface area contributed by atoms with Crippen molar-refractivity contribution in [3.05, 3.63) is 121 Å². The van der Waals surface area contributed by atoms with Crippen LogP contribution in [-0.2, 0) is 17.8 Å². The highest BCUT2D eigenvalue weighted by atomic mass is 127. The van der Waals surface area contributed by atoms with E-state index in [4.69, 9.17) is 13.8 Å². The number of nitrogens with zero attached hydrogens (tertiary/aromatic N) is 4. The number of benzene rings is 4. The minimum atomic E-state index is -2.32. The Morgan fingerprint density at radius 1 is 0.689 bits per heavy atom. The molecule has 6 heteroatoms. The van der Waals surface area contributed by atoms with Crippen molar-refractivity contribution in [2.24, 2.45) is 6.98 Å². The van der Waals surface area contributed by atoms with Crippen molar-refractivity contribution in [1.82, 2.24) is 14.1 Å². The van der Waals surface area contributed by atoms with E-state index in [9.17, 15) is 0 Å². The topological polar surface area (TPSA) is 35.9 Å². The molecule has 45 heavy (non-hydrogen) atoms. The first kappa shape index (κ1) is 27.2. The van der Waals surface area contributed by atoms with Gasteiger partial charge in [-0.15, -0.1) is 0 Å². The van der Waals surface area contributed by atoms with E-state index in [2.05, 4.69) is 107 Å². The van der Waals surface area contributed by atoms with Crippen LogP contribution in [-0.4, -0.2) is 14.1 Å². The molecular formula is C39H39IN4O. The number of fused-ring (bicyclic) bond motifs is 4. The molecule has 0 amide bonds. The average Bonchev–Trinajstić information content (AvgIpc) is 3.57. The highest BCUT2D eigenvalue weighted by Gasteiger charge is 2.22. The van der Waals surface area contributed by atoms with Gasteiger partial charge in [0.15, 0.2) is 11.0 Å². The first-order valence-corrected chi connectivity index (χ1v) is 15.0. The van der Waals surface area contributed by atoms with Crippen LogP contribution in [0.25, 0.3) is 44.3 Å². The maximum Gasteiger partial charge on any atom is 0.249 e. The Labute approximate surface area is 286 Å². The predicted molar refractivity (Wildman–Crippen MR) is 181 cm³/mol. The third-order valence-electron chi connectivity index (χ3n) is 8.39. The van der Waals surface area contributed by atoms with Crippen LogP contribution in [0.4, 0.5) is 0 Å². The van der Waals surface area contributed by atoms with Crippen LogP contribution >= 0.6 is 0 Å². The first-order valence-electron chi connectivity index (χ1n) is 16.5. The van der Waals surface area contributed by atoms with Gasteiger partial charge in [-0.1, -0.05) is 71.9 Å². The number of ether oxygens (including phenoxy) is 1. The number of halogens is 1. The lowest BCUT2D eigenvalue weighted by Gasteiger charge is -2.21. The van der Waals surface area contributed by atoms with Crippen LogP contribution in [0.2, 0.25) is 0 Å². The van der Waals surface area contributed by atoms with Crippen LogP contribution in [0.1, 0.15) is 56.8 Å². The van der Waals surface area contributed by atoms with Crippen LogP contribution in [0.5, 0.6) is 11.5 Å². The monoisotopic (exact) mass is 709 g/mol. The van der Waals surface area contributed by atoms with Gasteiger partial charge >= 0.3 is 0 Å². The minimum Gasteiger partial charge on any atom is -1.00 e. The van der Waals surface area contributed by atoms with Gasteiger partial charge in [-0.2, -0.15) is 4.57 Å². The average molecular weight is 710 g/mol. The van der Waals surface area contributed by atoms with Gasteiger partial charge in [-0.3, -0.25) is 4.57 Å². The fourth-order valence-electron chi connectivity index (χ4n) is 5.94. The summed E-state index contributed by atoms with van der Waals surface area (Å²) >= 11 is 0. The number of rotatable bonds is 4. The summed E-state index contributed by atoms with van der Waals surface area (Å²) in [5.74, 6) is 2.22. The molecule has 0 saturated carbocycles. The molecule has 7 rings (SSSR count). The number of aromatic nitrogens is 4. The maximum absolute atomic E-state index is 8.14. The molecule has 0 spiro atoms. The van der Waals surface area contributed by atoms with E-state index in [0.29, 0.717) is 17.0 Å². The molecule has 0 aliphatic carbocycles. The predicted octanol–water partition coefficient (Wildman–Crippen LogP) is 6.34. The van der Waals surface area contributed by atoms with E-state index >= 15 is 0 Å². The molecule has 5 nitrogen and oxygen atoms in total. The van der Waals surface area contributed by atoms with E-state index in [1.807, 2.05) is 47.2 Å². The second-order valence-electron chi connectivity index (χ2n) is 13.6. The molecule has 7 aromatic rings. The maximum atomic E-state index is 8.14. The van der Waals surface area contributed by atoms with E-state index in [-0.39, 0.29) is 34.8 Å². The summed E-state index contributed by atoms with van der Waals surface area (Å²) in [7, 11) is 0. The van der Waals surface area contributed by atoms with E-state index < -0.39 is 6.98 Å². The van der Waals surface area contributed by atoms with Crippen molar-refractivity contribution < 1.29 is 37.4 Å². The van der Waals surface area contributed by atoms with Gasteiger partial charge in [0.05, 0.1) is 22.1 Å². The SMILES string of the molecule is [2H]C([2H])([2H])[n+]1cn(-c2cc(Oc3ccc4c5ccccc5n(-c5cc(C(C)(C)C)ccn5)c4c3)cc(C(C)(C)C)c2)c2ccccc21.[I-]. The number of imidazole rings is 1. The lowest BCUT2D eigenvalue weighted by Crippen LogP contribution is -3.00. The lowest BCUT2D eigenvalue weighted by atomic mass is 9.86. The Morgan fingerprint density at radius 3 is 2.16 bits per heavy atom. The highest BCUT2D eigenvalue weighted by Crippen LogP contribution is 2.37. The molecule has 228 valence electrons. The molecule has 0 atom stereocenters. The summed E-state index contributed by atoms with van der Waals surface area (Å²) < 4.78 is 36.6. The molecule has 3 heterocycles. The molecule has 0 fully saturated rings.